The summed E-state index contributed by atoms with van der Waals surface area (Å²) in [5.41, 5.74) is 1.45. The molecule has 0 aliphatic carbocycles. The van der Waals surface area contributed by atoms with Crippen molar-refractivity contribution in [1.82, 2.24) is 4.57 Å². The van der Waals surface area contributed by atoms with Crippen LogP contribution in [0.2, 0.25) is 0 Å². The van der Waals surface area contributed by atoms with Crippen LogP contribution in [0.1, 0.15) is 32.3 Å². The Kier molecular flexibility index (Phi) is 7.08. The third-order valence-electron chi connectivity index (χ3n) is 1.99. The molecular weight excluding hydrogens is 226 g/mol. The van der Waals surface area contributed by atoms with E-state index in [0.29, 0.717) is 6.26 Å². The second-order valence-electron chi connectivity index (χ2n) is 3.70. The van der Waals surface area contributed by atoms with Crippen LogP contribution in [0.15, 0.2) is 18.5 Å². The molecule has 0 bridgehead atoms. The minimum absolute atomic E-state index is 0.715. The van der Waals surface area contributed by atoms with Gasteiger partial charge in [-0.1, -0.05) is 20.3 Å². The molecule has 16 heavy (non-hydrogen) atoms. The Bertz CT molecular complexity index is 374. The fourth-order valence-electron chi connectivity index (χ4n) is 1.18. The van der Waals surface area contributed by atoms with Crippen LogP contribution in [0.5, 0.6) is 0 Å². The van der Waals surface area contributed by atoms with Gasteiger partial charge in [-0.2, -0.15) is 8.42 Å². The summed E-state index contributed by atoms with van der Waals surface area (Å²) in [7, 11) is -3.67. The summed E-state index contributed by atoms with van der Waals surface area (Å²) in [6, 6.07) is 2.20. The standard InChI is InChI=1S/C10H17N.CH4O3S/c1-3-5-7-11-8-6-10(4-2)9-11;1-5(2,3)4/h6,8-9H,3-5,7H2,1-2H3;1H3,(H,2,3,4). The number of aryl methyl sites for hydroxylation is 2. The van der Waals surface area contributed by atoms with Gasteiger partial charge in [0.1, 0.15) is 0 Å². The Morgan fingerprint density at radius 3 is 2.31 bits per heavy atom. The Morgan fingerprint density at radius 2 is 1.94 bits per heavy atom. The third kappa shape index (κ3) is 9.73. The van der Waals surface area contributed by atoms with Gasteiger partial charge in [-0.05, 0) is 24.5 Å². The Labute approximate surface area is 98.0 Å². The minimum Gasteiger partial charge on any atom is -0.354 e. The number of aromatic nitrogens is 1. The van der Waals surface area contributed by atoms with Gasteiger partial charge in [0.25, 0.3) is 10.1 Å². The Hall–Kier alpha value is -0.810. The largest absolute Gasteiger partial charge is 0.354 e. The highest BCUT2D eigenvalue weighted by atomic mass is 32.2. The van der Waals surface area contributed by atoms with Crippen LogP contribution in [0, 0.1) is 0 Å². The molecule has 1 aromatic heterocycles. The molecule has 0 aliphatic heterocycles. The normalized spacial score (nSPS) is 10.8. The number of hydrogen-bond donors (Lipinski definition) is 1. The summed E-state index contributed by atoms with van der Waals surface area (Å²) in [6.07, 6.45) is 8.85. The van der Waals surface area contributed by atoms with Crippen LogP contribution in [0.4, 0.5) is 0 Å². The van der Waals surface area contributed by atoms with Gasteiger partial charge >= 0.3 is 0 Å². The third-order valence-corrected chi connectivity index (χ3v) is 1.99. The maximum absolute atomic E-state index is 9.19. The predicted molar refractivity (Wildman–Crippen MR) is 66.2 cm³/mol. The average Bonchev–Trinajstić information content (AvgIpc) is 2.59. The molecule has 0 aromatic carbocycles. The lowest BCUT2D eigenvalue weighted by atomic mass is 10.3. The molecular formula is C11H21NO3S. The lowest BCUT2D eigenvalue weighted by Crippen LogP contribution is -1.92. The number of nitrogens with zero attached hydrogens (tertiary/aromatic N) is 1. The molecule has 5 heteroatoms. The lowest BCUT2D eigenvalue weighted by molar-refractivity contribution is 0.490. The van der Waals surface area contributed by atoms with E-state index in [-0.39, 0.29) is 0 Å². The van der Waals surface area contributed by atoms with Crippen molar-refractivity contribution in [3.8, 4) is 0 Å². The van der Waals surface area contributed by atoms with E-state index in [0.717, 1.165) is 6.42 Å². The quantitative estimate of drug-likeness (QED) is 0.831. The predicted octanol–water partition coefficient (Wildman–Crippen LogP) is 2.35. The van der Waals surface area contributed by atoms with Crippen molar-refractivity contribution >= 4 is 10.1 Å². The molecule has 0 saturated heterocycles. The molecule has 0 aliphatic rings. The average molecular weight is 247 g/mol. The summed E-state index contributed by atoms with van der Waals surface area (Å²) in [5.74, 6) is 0. The van der Waals surface area contributed by atoms with E-state index >= 15 is 0 Å². The van der Waals surface area contributed by atoms with E-state index in [1.165, 1.54) is 24.9 Å². The smallest absolute Gasteiger partial charge is 0.261 e. The first kappa shape index (κ1) is 15.2. The second-order valence-corrected chi connectivity index (χ2v) is 5.16. The van der Waals surface area contributed by atoms with E-state index in [4.69, 9.17) is 4.55 Å². The Balaban J connectivity index is 0.000000385. The SMILES string of the molecule is CCCCn1ccc(CC)c1.CS(=O)(=O)O. The summed E-state index contributed by atoms with van der Waals surface area (Å²) < 4.78 is 28.1. The first-order chi connectivity index (χ1) is 7.36. The highest BCUT2D eigenvalue weighted by Crippen LogP contribution is 2.03. The molecule has 0 radical (unpaired) electrons. The molecule has 0 spiro atoms. The number of rotatable bonds is 4. The molecule has 4 nitrogen and oxygen atoms in total. The van der Waals surface area contributed by atoms with Gasteiger partial charge in [-0.15, -0.1) is 0 Å². The molecule has 1 N–H and O–H groups in total. The maximum Gasteiger partial charge on any atom is 0.261 e. The van der Waals surface area contributed by atoms with Gasteiger partial charge in [0.15, 0.2) is 0 Å². The molecule has 1 heterocycles. The van der Waals surface area contributed by atoms with Crippen LogP contribution in [0.25, 0.3) is 0 Å². The first-order valence-corrected chi connectivity index (χ1v) is 7.28. The second kappa shape index (κ2) is 7.46. The molecule has 1 rings (SSSR count). The zero-order valence-electron chi connectivity index (χ0n) is 10.2. The first-order valence-electron chi connectivity index (χ1n) is 5.44. The van der Waals surface area contributed by atoms with Crippen LogP contribution >= 0.6 is 0 Å². The summed E-state index contributed by atoms with van der Waals surface area (Å²) >= 11 is 0. The molecule has 0 saturated carbocycles. The van der Waals surface area contributed by atoms with Crippen molar-refractivity contribution in [2.75, 3.05) is 6.26 Å². The van der Waals surface area contributed by atoms with E-state index in [2.05, 4.69) is 36.9 Å². The molecule has 0 amide bonds. The summed E-state index contributed by atoms with van der Waals surface area (Å²) in [5, 5.41) is 0. The van der Waals surface area contributed by atoms with Crippen LogP contribution in [-0.4, -0.2) is 23.8 Å². The summed E-state index contributed by atoms with van der Waals surface area (Å²) in [4.78, 5) is 0. The van der Waals surface area contributed by atoms with Crippen LogP contribution in [0.3, 0.4) is 0 Å². The fraction of sp³-hybridized carbons (Fsp3) is 0.636. The van der Waals surface area contributed by atoms with E-state index in [9.17, 15) is 8.42 Å². The van der Waals surface area contributed by atoms with Crippen molar-refractivity contribution in [2.24, 2.45) is 0 Å². The van der Waals surface area contributed by atoms with Gasteiger partial charge in [0.2, 0.25) is 0 Å². The highest BCUT2D eigenvalue weighted by Gasteiger charge is 1.92. The minimum atomic E-state index is -3.67. The van der Waals surface area contributed by atoms with E-state index in [1.54, 1.807) is 0 Å². The topological polar surface area (TPSA) is 59.3 Å². The van der Waals surface area contributed by atoms with Gasteiger partial charge in [-0.3, -0.25) is 4.55 Å². The van der Waals surface area contributed by atoms with Gasteiger partial charge in [0.05, 0.1) is 6.26 Å². The van der Waals surface area contributed by atoms with Crippen molar-refractivity contribution in [1.29, 1.82) is 0 Å². The van der Waals surface area contributed by atoms with Crippen molar-refractivity contribution in [3.05, 3.63) is 24.0 Å². The zero-order valence-corrected chi connectivity index (χ0v) is 11.0. The Morgan fingerprint density at radius 1 is 1.38 bits per heavy atom. The zero-order chi connectivity index (χ0) is 12.6. The lowest BCUT2D eigenvalue weighted by Gasteiger charge is -1.98. The molecule has 0 fully saturated rings. The highest BCUT2D eigenvalue weighted by molar-refractivity contribution is 7.85. The molecule has 0 unspecified atom stereocenters. The molecule has 1 aromatic rings. The van der Waals surface area contributed by atoms with Gasteiger partial charge < -0.3 is 4.57 Å². The van der Waals surface area contributed by atoms with Crippen molar-refractivity contribution < 1.29 is 13.0 Å². The summed E-state index contributed by atoms with van der Waals surface area (Å²) in [6.45, 7) is 5.60. The monoisotopic (exact) mass is 247 g/mol. The number of unbranched alkanes of at least 4 members (excludes halogenated alkanes) is 1. The van der Waals surface area contributed by atoms with Crippen molar-refractivity contribution in [2.45, 2.75) is 39.7 Å². The van der Waals surface area contributed by atoms with Crippen molar-refractivity contribution in [3.63, 3.8) is 0 Å². The van der Waals surface area contributed by atoms with Gasteiger partial charge in [0, 0.05) is 18.9 Å². The number of hydrogen-bond acceptors (Lipinski definition) is 2. The molecule has 0 atom stereocenters. The van der Waals surface area contributed by atoms with E-state index in [1.807, 2.05) is 0 Å². The molecule has 94 valence electrons. The fourth-order valence-corrected chi connectivity index (χ4v) is 1.18. The van der Waals surface area contributed by atoms with Crippen LogP contribution < -0.4 is 0 Å². The van der Waals surface area contributed by atoms with E-state index < -0.39 is 10.1 Å². The van der Waals surface area contributed by atoms with Gasteiger partial charge in [-0.25, -0.2) is 0 Å². The van der Waals surface area contributed by atoms with Crippen LogP contribution in [-0.2, 0) is 23.1 Å². The maximum atomic E-state index is 9.19.